The third kappa shape index (κ3) is 3.24. The number of nitro benzene ring substituents is 1. The third-order valence-corrected chi connectivity index (χ3v) is 4.34. The second-order valence-electron chi connectivity index (χ2n) is 6.09. The molecule has 2 aliphatic heterocycles. The Labute approximate surface area is 160 Å². The Morgan fingerprint density at radius 1 is 1.32 bits per heavy atom. The van der Waals surface area contributed by atoms with Crippen molar-refractivity contribution in [1.82, 2.24) is 15.2 Å². The number of carbonyl (C=O) groups excluding carboxylic acids is 2. The van der Waals surface area contributed by atoms with E-state index in [0.29, 0.717) is 23.9 Å². The number of rotatable bonds is 5. The number of fused-ring (bicyclic) bond motifs is 1. The number of non-ortho nitro benzene ring substituents is 1. The van der Waals surface area contributed by atoms with Crippen molar-refractivity contribution >= 4 is 35.6 Å². The number of urea groups is 1. The smallest absolute Gasteiger partial charge is 0.270 e. The van der Waals surface area contributed by atoms with Crippen molar-refractivity contribution in [2.45, 2.75) is 6.04 Å². The van der Waals surface area contributed by atoms with Crippen molar-refractivity contribution in [2.24, 2.45) is 10.1 Å². The van der Waals surface area contributed by atoms with Gasteiger partial charge in [-0.1, -0.05) is 17.6 Å². The Bertz CT molecular complexity index is 949. The summed E-state index contributed by atoms with van der Waals surface area (Å²) in [7, 11) is 2.97. The van der Waals surface area contributed by atoms with Crippen LogP contribution < -0.4 is 5.43 Å². The van der Waals surface area contributed by atoms with Gasteiger partial charge in [0.25, 0.3) is 11.6 Å². The standard InChI is InChI=1S/C17H17N7O4/c1-4-9-23-13-14(21(2)17(26)22(3)15(13)25)19-16(23)20-18-10-11-5-7-12(8-6-11)24(27)28/h4-8,10,13H,1,9H2,2-3H3/p+1/b18-10+. The maximum atomic E-state index is 12.6. The first-order valence-electron chi connectivity index (χ1n) is 8.27. The number of nitro groups is 1. The van der Waals surface area contributed by atoms with Crippen LogP contribution in [0.25, 0.3) is 0 Å². The van der Waals surface area contributed by atoms with Gasteiger partial charge in [0.15, 0.2) is 0 Å². The van der Waals surface area contributed by atoms with E-state index in [1.807, 2.05) is 0 Å². The molecule has 1 fully saturated rings. The molecule has 3 amide bonds. The highest BCUT2D eigenvalue weighted by molar-refractivity contribution is 6.22. The Morgan fingerprint density at radius 3 is 2.61 bits per heavy atom. The second-order valence-corrected chi connectivity index (χ2v) is 6.09. The lowest BCUT2D eigenvalue weighted by Crippen LogP contribution is -2.61. The van der Waals surface area contributed by atoms with Crippen LogP contribution in [0.4, 0.5) is 10.5 Å². The molecule has 0 aliphatic carbocycles. The van der Waals surface area contributed by atoms with Crippen LogP contribution in [0.3, 0.4) is 0 Å². The molecule has 1 aromatic carbocycles. The number of likely N-dealkylation sites (N-methyl/N-ethyl adjacent to an activating group) is 2. The number of imide groups is 1. The fourth-order valence-corrected chi connectivity index (χ4v) is 2.87. The number of carbonyl (C=O) groups is 2. The molecule has 1 unspecified atom stereocenters. The summed E-state index contributed by atoms with van der Waals surface area (Å²) >= 11 is 0. The van der Waals surface area contributed by atoms with Crippen molar-refractivity contribution in [3.05, 3.63) is 52.6 Å². The van der Waals surface area contributed by atoms with E-state index in [4.69, 9.17) is 0 Å². The lowest BCUT2D eigenvalue weighted by atomic mass is 10.1. The van der Waals surface area contributed by atoms with Crippen LogP contribution in [0, 0.1) is 10.1 Å². The quantitative estimate of drug-likeness (QED) is 0.258. The van der Waals surface area contributed by atoms with Gasteiger partial charge in [-0.15, -0.1) is 5.10 Å². The highest BCUT2D eigenvalue weighted by Crippen LogP contribution is 2.18. The van der Waals surface area contributed by atoms with Crippen LogP contribution in [0.15, 0.2) is 47.0 Å². The van der Waals surface area contributed by atoms with E-state index in [-0.39, 0.29) is 11.6 Å². The number of aliphatic imine (C=N–C) groups is 1. The molecule has 1 aromatic rings. The average Bonchev–Trinajstić information content (AvgIpc) is 3.04. The van der Waals surface area contributed by atoms with Gasteiger partial charge in [0.2, 0.25) is 11.9 Å². The largest absolute Gasteiger partial charge is 0.414 e. The zero-order chi connectivity index (χ0) is 20.4. The summed E-state index contributed by atoms with van der Waals surface area (Å²) in [6, 6.07) is 4.65. The van der Waals surface area contributed by atoms with Gasteiger partial charge in [-0.25, -0.2) is 9.37 Å². The average molecular weight is 384 g/mol. The molecule has 0 aromatic heterocycles. The molecule has 28 heavy (non-hydrogen) atoms. The monoisotopic (exact) mass is 384 g/mol. The highest BCUT2D eigenvalue weighted by Gasteiger charge is 2.51. The molecule has 0 bridgehead atoms. The first-order chi connectivity index (χ1) is 13.3. The van der Waals surface area contributed by atoms with E-state index < -0.39 is 17.0 Å². The van der Waals surface area contributed by atoms with Crippen LogP contribution in [0.5, 0.6) is 0 Å². The predicted octanol–water partition coefficient (Wildman–Crippen LogP) is 0.377. The lowest BCUT2D eigenvalue weighted by Gasteiger charge is -2.31. The summed E-state index contributed by atoms with van der Waals surface area (Å²) in [6.07, 6.45) is 3.08. The van der Waals surface area contributed by atoms with E-state index in [9.17, 15) is 19.7 Å². The summed E-state index contributed by atoms with van der Waals surface area (Å²) in [5, 5.41) is 14.8. The molecule has 11 heteroatoms. The molecule has 2 heterocycles. The van der Waals surface area contributed by atoms with Gasteiger partial charge in [0.05, 0.1) is 17.7 Å². The summed E-state index contributed by atoms with van der Waals surface area (Å²) in [6.45, 7) is 4.01. The second kappa shape index (κ2) is 7.39. The molecule has 144 valence electrons. The van der Waals surface area contributed by atoms with Gasteiger partial charge < -0.3 is 0 Å². The minimum absolute atomic E-state index is 0.0155. The number of benzene rings is 1. The number of guanidine groups is 1. The number of amidine groups is 1. The Morgan fingerprint density at radius 2 is 2.00 bits per heavy atom. The van der Waals surface area contributed by atoms with Crippen molar-refractivity contribution in [2.75, 3.05) is 20.6 Å². The lowest BCUT2D eigenvalue weighted by molar-refractivity contribution is -0.527. The van der Waals surface area contributed by atoms with Crippen molar-refractivity contribution in [3.63, 3.8) is 0 Å². The maximum Gasteiger partial charge on any atom is 0.414 e. The molecule has 1 atom stereocenters. The molecule has 0 radical (unpaired) electrons. The summed E-state index contributed by atoms with van der Waals surface area (Å²) in [5.41, 5.74) is 3.39. The van der Waals surface area contributed by atoms with Crippen molar-refractivity contribution < 1.29 is 19.1 Å². The van der Waals surface area contributed by atoms with Crippen LogP contribution in [0.1, 0.15) is 5.56 Å². The normalized spacial score (nSPS) is 19.2. The maximum absolute atomic E-state index is 12.6. The van der Waals surface area contributed by atoms with Gasteiger partial charge >= 0.3 is 12.0 Å². The fourth-order valence-electron chi connectivity index (χ4n) is 2.87. The molecule has 0 saturated carbocycles. The van der Waals surface area contributed by atoms with E-state index >= 15 is 0 Å². The molecule has 1 N–H and O–H groups in total. The Kier molecular flexibility index (Phi) is 4.98. The van der Waals surface area contributed by atoms with E-state index in [2.05, 4.69) is 22.1 Å². The van der Waals surface area contributed by atoms with Gasteiger partial charge in [0.1, 0.15) is 0 Å². The first-order valence-corrected chi connectivity index (χ1v) is 8.27. The molecular formula is C17H18N7O4+. The topological polar surface area (TPSA) is 124 Å². The minimum atomic E-state index is -0.747. The molecule has 11 nitrogen and oxygen atoms in total. The molecular weight excluding hydrogens is 366 g/mol. The number of nitrogens with one attached hydrogen (secondary N) is 1. The van der Waals surface area contributed by atoms with Crippen LogP contribution >= 0.6 is 0 Å². The van der Waals surface area contributed by atoms with E-state index in [1.165, 1.54) is 30.3 Å². The van der Waals surface area contributed by atoms with Crippen LogP contribution in [-0.4, -0.2) is 75.9 Å². The molecule has 0 spiro atoms. The zero-order valence-electron chi connectivity index (χ0n) is 15.3. The van der Waals surface area contributed by atoms with Crippen LogP contribution in [-0.2, 0) is 4.79 Å². The summed E-state index contributed by atoms with van der Waals surface area (Å²) in [4.78, 5) is 41.6. The van der Waals surface area contributed by atoms with Crippen molar-refractivity contribution in [1.29, 1.82) is 0 Å². The minimum Gasteiger partial charge on any atom is -0.270 e. The van der Waals surface area contributed by atoms with Gasteiger partial charge in [-0.05, 0) is 17.7 Å². The number of nitrogens with zero attached hydrogens (tertiary/aromatic N) is 6. The van der Waals surface area contributed by atoms with Crippen LogP contribution in [0.2, 0.25) is 0 Å². The molecule has 3 rings (SSSR count). The fraction of sp³-hybridized carbons (Fsp3) is 0.235. The number of amides is 3. The number of hydrogen-bond donors (Lipinski definition) is 1. The molecule has 1 saturated heterocycles. The molecule has 2 aliphatic rings. The summed E-state index contributed by atoms with van der Waals surface area (Å²) in [5.74, 6) is 0.212. The number of hydrazone groups is 1. The predicted molar refractivity (Wildman–Crippen MR) is 101 cm³/mol. The third-order valence-electron chi connectivity index (χ3n) is 4.34. The van der Waals surface area contributed by atoms with Crippen molar-refractivity contribution in [3.8, 4) is 0 Å². The van der Waals surface area contributed by atoms with Gasteiger partial charge in [-0.2, -0.15) is 5.43 Å². The van der Waals surface area contributed by atoms with E-state index in [0.717, 1.165) is 4.90 Å². The van der Waals surface area contributed by atoms with Gasteiger partial charge in [0, 0.05) is 26.2 Å². The van der Waals surface area contributed by atoms with Gasteiger partial charge in [-0.3, -0.25) is 24.7 Å². The Balaban J connectivity index is 1.84. The SMILES string of the molecule is C=CC[N+]1=C(N/N=C/c2ccc([N+](=O)[O-])cc2)N=C2C1C(=O)N(C)C(=O)N2C. The highest BCUT2D eigenvalue weighted by atomic mass is 16.6. The number of hydrogen-bond acceptors (Lipinski definition) is 7. The zero-order valence-corrected chi connectivity index (χ0v) is 15.3. The summed E-state index contributed by atoms with van der Waals surface area (Å²) < 4.78 is 1.65. The van der Waals surface area contributed by atoms with E-state index in [1.54, 1.807) is 29.8 Å². The Hall–Kier alpha value is -3.89. The first kappa shape index (κ1) is 18.9.